The minimum Gasteiger partial charge on any atom is -0.508 e. The lowest BCUT2D eigenvalue weighted by Crippen LogP contribution is -2.56. The summed E-state index contributed by atoms with van der Waals surface area (Å²) in [6.07, 6.45) is 24.2. The zero-order valence-corrected chi connectivity index (χ0v) is 40.0. The summed E-state index contributed by atoms with van der Waals surface area (Å²) in [5.41, 5.74) is 2.18. The molecular formula is C54H72N2O9S. The molecule has 0 heterocycles. The van der Waals surface area contributed by atoms with Crippen LogP contribution in [0.3, 0.4) is 0 Å². The number of hydrogen-bond acceptors (Lipinski definition) is 10. The molecule has 4 N–H and O–H groups in total. The molecule has 66 heavy (non-hydrogen) atoms. The first-order chi connectivity index (χ1) is 31.7. The van der Waals surface area contributed by atoms with Crippen LogP contribution >= 0.6 is 0 Å². The number of carboxylic acids is 1. The molecule has 0 spiro atoms. The van der Waals surface area contributed by atoms with Crippen molar-refractivity contribution in [3.63, 3.8) is 0 Å². The first-order valence-corrected chi connectivity index (χ1v) is 26.6. The Morgan fingerprint density at radius 1 is 0.591 bits per heavy atom. The van der Waals surface area contributed by atoms with E-state index in [1.54, 1.807) is 12.1 Å². The van der Waals surface area contributed by atoms with Crippen molar-refractivity contribution in [1.29, 1.82) is 0 Å². The van der Waals surface area contributed by atoms with E-state index >= 15 is 0 Å². The van der Waals surface area contributed by atoms with Crippen molar-refractivity contribution in [1.82, 2.24) is 10.6 Å². The average molecular weight is 925 g/mol. The predicted molar refractivity (Wildman–Crippen MR) is 259 cm³/mol. The molecule has 12 rings (SSSR count). The van der Waals surface area contributed by atoms with Gasteiger partial charge in [-0.05, 0) is 185 Å². The summed E-state index contributed by atoms with van der Waals surface area (Å²) in [6.45, 7) is 1.68. The lowest BCUT2D eigenvalue weighted by Gasteiger charge is -2.52. The number of methoxy groups -OCH3 is 1. The highest BCUT2D eigenvalue weighted by Crippen LogP contribution is 2.54. The number of carboxylic acid groups (broad SMARTS) is 1. The van der Waals surface area contributed by atoms with Crippen LogP contribution in [0.25, 0.3) is 21.5 Å². The van der Waals surface area contributed by atoms with E-state index in [2.05, 4.69) is 65.2 Å². The Morgan fingerprint density at radius 2 is 1.03 bits per heavy atom. The van der Waals surface area contributed by atoms with Gasteiger partial charge in [-0.2, -0.15) is 8.42 Å². The lowest BCUT2D eigenvalue weighted by molar-refractivity contribution is -0.160. The number of fused-ring (bicyclic) bond motifs is 8. The minimum absolute atomic E-state index is 0.0152. The molecule has 0 aromatic heterocycles. The van der Waals surface area contributed by atoms with Gasteiger partial charge in [0.05, 0.1) is 36.4 Å². The van der Waals surface area contributed by atoms with Gasteiger partial charge in [-0.15, -0.1) is 0 Å². The van der Waals surface area contributed by atoms with E-state index in [1.807, 2.05) is 6.07 Å². The lowest BCUT2D eigenvalue weighted by atomic mass is 9.57. The largest absolute Gasteiger partial charge is 0.508 e. The normalized spacial score (nSPS) is 27.6. The number of esters is 1. The Labute approximate surface area is 391 Å². The van der Waals surface area contributed by atoms with Gasteiger partial charge in [0.2, 0.25) is 0 Å². The Bertz CT molecular complexity index is 2390. The third kappa shape index (κ3) is 11.7. The minimum atomic E-state index is -3.22. The van der Waals surface area contributed by atoms with Gasteiger partial charge in [0.15, 0.2) is 0 Å². The number of rotatable bonds is 12. The van der Waals surface area contributed by atoms with Crippen molar-refractivity contribution >= 4 is 43.6 Å². The number of aliphatic carboxylic acids is 1. The SMILES string of the molecule is COC(=O)C12CCC(NCc3ccc4cc(O)ccc4c3)(CC1)CC2.CS(=O)(=O)OC1CCCCC1.O=C(O)C12CCC(NCc3ccc4cc(OC5CCCCC5)ccc4c3)(CC1)CC2. The van der Waals surface area contributed by atoms with E-state index < -0.39 is 21.5 Å². The van der Waals surface area contributed by atoms with E-state index in [-0.39, 0.29) is 28.6 Å². The molecule has 4 bridgehead atoms. The quantitative estimate of drug-likeness (QED) is 0.0791. The molecule has 0 radical (unpaired) electrons. The third-order valence-electron chi connectivity index (χ3n) is 16.4. The molecule has 4 aromatic carbocycles. The molecule has 8 saturated carbocycles. The van der Waals surface area contributed by atoms with Crippen LogP contribution in [0.5, 0.6) is 11.5 Å². The summed E-state index contributed by atoms with van der Waals surface area (Å²) >= 11 is 0. The van der Waals surface area contributed by atoms with Crippen LogP contribution in [0.4, 0.5) is 0 Å². The summed E-state index contributed by atoms with van der Waals surface area (Å²) in [5, 5.41) is 31.4. The van der Waals surface area contributed by atoms with Crippen LogP contribution in [0, 0.1) is 10.8 Å². The molecule has 8 aliphatic rings. The van der Waals surface area contributed by atoms with Crippen LogP contribution in [0.1, 0.15) is 152 Å². The predicted octanol–water partition coefficient (Wildman–Crippen LogP) is 11.0. The van der Waals surface area contributed by atoms with Gasteiger partial charge >= 0.3 is 11.9 Å². The van der Waals surface area contributed by atoms with Gasteiger partial charge in [0, 0.05) is 24.2 Å². The maximum Gasteiger partial charge on any atom is 0.311 e. The number of carbonyl (C=O) groups excluding carboxylic acids is 1. The van der Waals surface area contributed by atoms with Gasteiger partial charge in [-0.3, -0.25) is 13.8 Å². The number of benzene rings is 4. The molecule has 0 saturated heterocycles. The zero-order chi connectivity index (χ0) is 46.4. The van der Waals surface area contributed by atoms with E-state index in [0.29, 0.717) is 11.9 Å². The van der Waals surface area contributed by atoms with Crippen molar-refractivity contribution in [2.24, 2.45) is 10.8 Å². The first kappa shape index (κ1) is 48.2. The van der Waals surface area contributed by atoms with Crippen LogP contribution in [-0.2, 0) is 41.7 Å². The molecule has 0 unspecified atom stereocenters. The highest BCUT2D eigenvalue weighted by molar-refractivity contribution is 7.86. The Balaban J connectivity index is 0.000000148. The second kappa shape index (κ2) is 20.6. The summed E-state index contributed by atoms with van der Waals surface area (Å²) in [4.78, 5) is 23.8. The number of ether oxygens (including phenoxy) is 2. The van der Waals surface area contributed by atoms with Gasteiger partial charge in [-0.25, -0.2) is 0 Å². The number of nitrogens with one attached hydrogen (secondary N) is 2. The first-order valence-electron chi connectivity index (χ1n) is 24.8. The van der Waals surface area contributed by atoms with Crippen LogP contribution < -0.4 is 15.4 Å². The fraction of sp³-hybridized carbons (Fsp3) is 0.593. The second-order valence-electron chi connectivity index (χ2n) is 20.8. The maximum absolute atomic E-state index is 12.1. The summed E-state index contributed by atoms with van der Waals surface area (Å²) in [6, 6.07) is 25.0. The van der Waals surface area contributed by atoms with Crippen molar-refractivity contribution in [2.75, 3.05) is 13.4 Å². The highest BCUT2D eigenvalue weighted by Gasteiger charge is 2.53. The van der Waals surface area contributed by atoms with Crippen LogP contribution in [0.2, 0.25) is 0 Å². The van der Waals surface area contributed by atoms with E-state index in [9.17, 15) is 28.2 Å². The van der Waals surface area contributed by atoms with Crippen molar-refractivity contribution < 1.29 is 41.9 Å². The van der Waals surface area contributed by atoms with Gasteiger partial charge in [0.25, 0.3) is 10.1 Å². The topological polar surface area (TPSA) is 160 Å². The highest BCUT2D eigenvalue weighted by atomic mass is 32.2. The molecule has 0 atom stereocenters. The molecule has 8 fully saturated rings. The second-order valence-corrected chi connectivity index (χ2v) is 22.4. The van der Waals surface area contributed by atoms with Crippen molar-refractivity contribution in [2.45, 2.75) is 178 Å². The zero-order valence-electron chi connectivity index (χ0n) is 39.2. The molecule has 0 amide bonds. The number of aromatic hydroxyl groups is 1. The fourth-order valence-corrected chi connectivity index (χ4v) is 12.6. The van der Waals surface area contributed by atoms with Gasteiger partial charge < -0.3 is 30.3 Å². The van der Waals surface area contributed by atoms with Gasteiger partial charge in [-0.1, -0.05) is 62.1 Å². The van der Waals surface area contributed by atoms with E-state index in [1.165, 1.54) is 67.5 Å². The molecule has 11 nitrogen and oxygen atoms in total. The Morgan fingerprint density at radius 3 is 1.52 bits per heavy atom. The third-order valence-corrected chi connectivity index (χ3v) is 17.0. The Hall–Kier alpha value is -4.23. The average Bonchev–Trinajstić information content (AvgIpc) is 3.34. The standard InChI is InChI=1S/C26H33NO3.C21H25NO3.C7H14O3S/c28-24(29)25-10-13-26(14-11-25,15-12-25)27-18-19-6-7-21-17-23(9-8-20(21)16-19)30-22-4-2-1-3-5-22;1-25-19(24)20-6-9-21(10-7-20,11-8-20)22-14-15-2-3-17-13-18(23)5-4-16(17)12-15;1-11(8,9)10-7-5-3-2-4-6-7/h6-9,16-17,22,27H,1-5,10-15,18H2,(H,28,29);2-5,12-13,22-23H,6-11,14H2,1H3;7H,2-6H2,1H3. The summed E-state index contributed by atoms with van der Waals surface area (Å²) < 4.78 is 37.5. The fourth-order valence-electron chi connectivity index (χ4n) is 12.0. The van der Waals surface area contributed by atoms with E-state index in [4.69, 9.17) is 13.7 Å². The van der Waals surface area contributed by atoms with E-state index in [0.717, 1.165) is 139 Å². The van der Waals surface area contributed by atoms with Crippen molar-refractivity contribution in [3.8, 4) is 11.5 Å². The van der Waals surface area contributed by atoms with Crippen LogP contribution in [0.15, 0.2) is 72.8 Å². The molecule has 4 aromatic rings. The molecule has 8 aliphatic carbocycles. The monoisotopic (exact) mass is 924 g/mol. The number of hydrogen-bond donors (Lipinski definition) is 4. The maximum atomic E-state index is 12.1. The molecule has 12 heteroatoms. The summed E-state index contributed by atoms with van der Waals surface area (Å²) in [5.74, 6) is 0.692. The number of phenols is 1. The summed E-state index contributed by atoms with van der Waals surface area (Å²) in [7, 11) is -1.72. The molecule has 0 aliphatic heterocycles. The van der Waals surface area contributed by atoms with Gasteiger partial charge in [0.1, 0.15) is 11.5 Å². The van der Waals surface area contributed by atoms with Crippen molar-refractivity contribution in [3.05, 3.63) is 83.9 Å². The van der Waals surface area contributed by atoms with Crippen LogP contribution in [-0.4, -0.2) is 67.2 Å². The number of phenolic OH excluding ortho intramolecular Hbond substituents is 1. The molecule has 358 valence electrons. The smallest absolute Gasteiger partial charge is 0.311 e. The number of carbonyl (C=O) groups is 2. The molecular weight excluding hydrogens is 853 g/mol. The Kier molecular flexibility index (Phi) is 15.0.